The number of rotatable bonds is 4. The van der Waals surface area contributed by atoms with E-state index in [9.17, 15) is 9.59 Å². The van der Waals surface area contributed by atoms with Gasteiger partial charge in [0.25, 0.3) is 5.91 Å². The Morgan fingerprint density at radius 2 is 1.76 bits per heavy atom. The first-order valence-electron chi connectivity index (χ1n) is 10.7. The Balaban J connectivity index is 1.36. The average Bonchev–Trinajstić information content (AvgIpc) is 2.79. The SMILES string of the molecule is COc1ccccc1C(=O)N1CCN([C@H]2CCCN(C3CCOCC3)C2=O)CC1. The minimum atomic E-state index is -0.0462. The van der Waals surface area contributed by atoms with Crippen molar-refractivity contribution < 1.29 is 19.1 Å². The molecule has 0 radical (unpaired) electrons. The van der Waals surface area contributed by atoms with Crippen molar-refractivity contribution in [1.82, 2.24) is 14.7 Å². The lowest BCUT2D eigenvalue weighted by Crippen LogP contribution is -2.60. The molecule has 0 saturated carbocycles. The molecule has 0 spiro atoms. The van der Waals surface area contributed by atoms with Crippen LogP contribution in [-0.2, 0) is 9.53 Å². The fraction of sp³-hybridized carbons (Fsp3) is 0.636. The Hall–Kier alpha value is -2.12. The second kappa shape index (κ2) is 9.13. The topological polar surface area (TPSA) is 62.3 Å². The van der Waals surface area contributed by atoms with E-state index in [1.165, 1.54) is 0 Å². The summed E-state index contributed by atoms with van der Waals surface area (Å²) in [5, 5.41) is 0. The molecule has 3 fully saturated rings. The number of hydrogen-bond acceptors (Lipinski definition) is 5. The lowest BCUT2D eigenvalue weighted by molar-refractivity contribution is -0.145. The molecule has 0 unspecified atom stereocenters. The summed E-state index contributed by atoms with van der Waals surface area (Å²) in [7, 11) is 1.59. The lowest BCUT2D eigenvalue weighted by atomic mass is 9.97. The number of hydrogen-bond donors (Lipinski definition) is 0. The van der Waals surface area contributed by atoms with Crippen molar-refractivity contribution in [3.8, 4) is 5.75 Å². The molecule has 4 rings (SSSR count). The van der Waals surface area contributed by atoms with Gasteiger partial charge in [-0.2, -0.15) is 0 Å². The first kappa shape index (κ1) is 20.2. The number of piperazine rings is 1. The van der Waals surface area contributed by atoms with Crippen molar-refractivity contribution in [1.29, 1.82) is 0 Å². The van der Waals surface area contributed by atoms with Gasteiger partial charge in [0, 0.05) is 52.0 Å². The van der Waals surface area contributed by atoms with E-state index in [2.05, 4.69) is 9.80 Å². The maximum Gasteiger partial charge on any atom is 0.257 e. The van der Waals surface area contributed by atoms with Crippen LogP contribution in [0.3, 0.4) is 0 Å². The van der Waals surface area contributed by atoms with Crippen LogP contribution in [0.2, 0.25) is 0 Å². The van der Waals surface area contributed by atoms with E-state index in [4.69, 9.17) is 9.47 Å². The normalized spacial score (nSPS) is 24.6. The molecule has 0 bridgehead atoms. The Labute approximate surface area is 172 Å². The van der Waals surface area contributed by atoms with Crippen LogP contribution in [-0.4, -0.2) is 91.6 Å². The number of methoxy groups -OCH3 is 1. The monoisotopic (exact) mass is 401 g/mol. The molecule has 1 atom stereocenters. The predicted molar refractivity (Wildman–Crippen MR) is 109 cm³/mol. The van der Waals surface area contributed by atoms with E-state index < -0.39 is 0 Å². The highest BCUT2D eigenvalue weighted by atomic mass is 16.5. The van der Waals surface area contributed by atoms with Crippen LogP contribution in [0.25, 0.3) is 0 Å². The maximum atomic E-state index is 13.2. The van der Waals surface area contributed by atoms with E-state index in [1.807, 2.05) is 29.2 Å². The van der Waals surface area contributed by atoms with Crippen molar-refractivity contribution >= 4 is 11.8 Å². The Kier molecular flexibility index (Phi) is 6.35. The summed E-state index contributed by atoms with van der Waals surface area (Å²) in [6.45, 7) is 5.12. The van der Waals surface area contributed by atoms with Gasteiger partial charge in [-0.05, 0) is 37.8 Å². The first-order valence-corrected chi connectivity index (χ1v) is 10.7. The van der Waals surface area contributed by atoms with Crippen molar-refractivity contribution in [2.45, 2.75) is 37.8 Å². The molecule has 3 saturated heterocycles. The summed E-state index contributed by atoms with van der Waals surface area (Å²) in [6.07, 6.45) is 3.85. The van der Waals surface area contributed by atoms with E-state index in [0.717, 1.165) is 58.5 Å². The van der Waals surface area contributed by atoms with Gasteiger partial charge in [-0.1, -0.05) is 12.1 Å². The number of carbonyl (C=O) groups is 2. The second-order valence-corrected chi connectivity index (χ2v) is 8.06. The fourth-order valence-electron chi connectivity index (χ4n) is 4.81. The number of ether oxygens (including phenoxy) is 2. The van der Waals surface area contributed by atoms with Crippen LogP contribution in [0.15, 0.2) is 24.3 Å². The minimum Gasteiger partial charge on any atom is -0.496 e. The van der Waals surface area contributed by atoms with Crippen LogP contribution in [0.4, 0.5) is 0 Å². The molecule has 1 aromatic rings. The highest BCUT2D eigenvalue weighted by Gasteiger charge is 2.38. The Morgan fingerprint density at radius 1 is 1.03 bits per heavy atom. The van der Waals surface area contributed by atoms with Crippen LogP contribution in [0.5, 0.6) is 5.75 Å². The molecule has 29 heavy (non-hydrogen) atoms. The van der Waals surface area contributed by atoms with Crippen LogP contribution < -0.4 is 4.74 Å². The molecular formula is C22H31N3O4. The van der Waals surface area contributed by atoms with Gasteiger partial charge >= 0.3 is 0 Å². The number of piperidine rings is 1. The van der Waals surface area contributed by atoms with Gasteiger partial charge in [0.2, 0.25) is 5.91 Å². The molecule has 0 aliphatic carbocycles. The van der Waals surface area contributed by atoms with Crippen molar-refractivity contribution in [3.63, 3.8) is 0 Å². The van der Waals surface area contributed by atoms with Gasteiger partial charge in [0.05, 0.1) is 18.7 Å². The van der Waals surface area contributed by atoms with Crippen LogP contribution in [0.1, 0.15) is 36.0 Å². The number of likely N-dealkylation sites (tertiary alicyclic amines) is 1. The molecule has 3 aliphatic heterocycles. The summed E-state index contributed by atoms with van der Waals surface area (Å²) < 4.78 is 10.8. The van der Waals surface area contributed by atoms with Crippen LogP contribution in [0, 0.1) is 0 Å². The first-order chi connectivity index (χ1) is 14.2. The van der Waals surface area contributed by atoms with E-state index in [-0.39, 0.29) is 17.9 Å². The molecule has 3 aliphatic rings. The van der Waals surface area contributed by atoms with Crippen LogP contribution >= 0.6 is 0 Å². The number of amides is 2. The highest BCUT2D eigenvalue weighted by molar-refractivity contribution is 5.97. The van der Waals surface area contributed by atoms with E-state index >= 15 is 0 Å². The standard InChI is InChI=1S/C22H31N3O4/c1-28-20-7-3-2-5-18(20)21(26)24-13-11-23(12-14-24)19-6-4-10-25(22(19)27)17-8-15-29-16-9-17/h2-3,5,7,17,19H,4,6,8-16H2,1H3/t19-/m0/s1. The fourth-order valence-corrected chi connectivity index (χ4v) is 4.81. The Morgan fingerprint density at radius 3 is 2.48 bits per heavy atom. The van der Waals surface area contributed by atoms with Gasteiger partial charge in [-0.3, -0.25) is 14.5 Å². The summed E-state index contributed by atoms with van der Waals surface area (Å²) >= 11 is 0. The quantitative estimate of drug-likeness (QED) is 0.767. The third kappa shape index (κ3) is 4.26. The summed E-state index contributed by atoms with van der Waals surface area (Å²) in [4.78, 5) is 32.4. The predicted octanol–water partition coefficient (Wildman–Crippen LogP) is 1.62. The van der Waals surface area contributed by atoms with Gasteiger partial charge < -0.3 is 19.3 Å². The second-order valence-electron chi connectivity index (χ2n) is 8.06. The lowest BCUT2D eigenvalue weighted by Gasteiger charge is -2.45. The smallest absolute Gasteiger partial charge is 0.257 e. The largest absolute Gasteiger partial charge is 0.496 e. The number of carbonyl (C=O) groups excluding carboxylic acids is 2. The minimum absolute atomic E-state index is 0.000836. The molecular weight excluding hydrogens is 370 g/mol. The van der Waals surface area contributed by atoms with Crippen molar-refractivity contribution in [3.05, 3.63) is 29.8 Å². The van der Waals surface area contributed by atoms with Gasteiger partial charge in [-0.15, -0.1) is 0 Å². The van der Waals surface area contributed by atoms with Crippen molar-refractivity contribution in [2.75, 3.05) is 53.0 Å². The Bertz CT molecular complexity index is 727. The van der Waals surface area contributed by atoms with E-state index in [1.54, 1.807) is 7.11 Å². The zero-order valence-electron chi connectivity index (χ0n) is 17.2. The molecule has 2 amide bonds. The van der Waals surface area contributed by atoms with Gasteiger partial charge in [0.1, 0.15) is 5.75 Å². The molecule has 7 heteroatoms. The molecule has 0 aromatic heterocycles. The van der Waals surface area contributed by atoms with Gasteiger partial charge in [0.15, 0.2) is 0 Å². The highest BCUT2D eigenvalue weighted by Crippen LogP contribution is 2.25. The van der Waals surface area contributed by atoms with Crippen molar-refractivity contribution in [2.24, 2.45) is 0 Å². The van der Waals surface area contributed by atoms with Gasteiger partial charge in [-0.25, -0.2) is 0 Å². The molecule has 7 nitrogen and oxygen atoms in total. The average molecular weight is 402 g/mol. The summed E-state index contributed by atoms with van der Waals surface area (Å²) in [6, 6.07) is 7.63. The number of nitrogens with zero attached hydrogens (tertiary/aromatic N) is 3. The maximum absolute atomic E-state index is 13.2. The molecule has 3 heterocycles. The number of para-hydroxylation sites is 1. The zero-order chi connectivity index (χ0) is 20.2. The third-order valence-electron chi connectivity index (χ3n) is 6.46. The third-order valence-corrected chi connectivity index (χ3v) is 6.46. The molecule has 0 N–H and O–H groups in total. The zero-order valence-corrected chi connectivity index (χ0v) is 17.2. The summed E-state index contributed by atoms with van der Waals surface area (Å²) in [5.41, 5.74) is 0.600. The summed E-state index contributed by atoms with van der Waals surface area (Å²) in [5.74, 6) is 0.878. The molecule has 158 valence electrons. The number of benzene rings is 1. The molecule has 1 aromatic carbocycles. The van der Waals surface area contributed by atoms with E-state index in [0.29, 0.717) is 30.4 Å².